The predicted octanol–water partition coefficient (Wildman–Crippen LogP) is 3.17. The van der Waals surface area contributed by atoms with Crippen LogP contribution in [0.4, 0.5) is 5.69 Å². The standard InChI is InChI=1S/C19H20N2O6/c1-11-4-5-16-12(8-11)14(6-7-27-16)20-19(22)13-9-17(25-2)18(26-3)10-15(13)21(23)24/h4-5,8-10,14H,6-7H2,1-3H3,(H,20,22). The highest BCUT2D eigenvalue weighted by Gasteiger charge is 2.28. The summed E-state index contributed by atoms with van der Waals surface area (Å²) in [5.74, 6) is 0.588. The summed E-state index contributed by atoms with van der Waals surface area (Å²) in [6.45, 7) is 2.40. The topological polar surface area (TPSA) is 99.9 Å². The minimum Gasteiger partial charge on any atom is -0.493 e. The maximum atomic E-state index is 12.8. The van der Waals surface area contributed by atoms with Crippen molar-refractivity contribution in [2.75, 3.05) is 20.8 Å². The molecule has 1 aliphatic rings. The number of fused-ring (bicyclic) bond motifs is 1. The van der Waals surface area contributed by atoms with Crippen molar-refractivity contribution in [3.05, 3.63) is 57.1 Å². The van der Waals surface area contributed by atoms with Crippen LogP contribution < -0.4 is 19.5 Å². The van der Waals surface area contributed by atoms with Crippen LogP contribution in [0.15, 0.2) is 30.3 Å². The van der Waals surface area contributed by atoms with Crippen LogP contribution in [0.25, 0.3) is 0 Å². The first-order valence-electron chi connectivity index (χ1n) is 8.39. The summed E-state index contributed by atoms with van der Waals surface area (Å²) in [4.78, 5) is 23.7. The molecule has 1 heterocycles. The monoisotopic (exact) mass is 372 g/mol. The number of methoxy groups -OCH3 is 2. The molecule has 8 heteroatoms. The summed E-state index contributed by atoms with van der Waals surface area (Å²) >= 11 is 0. The Hall–Kier alpha value is -3.29. The van der Waals surface area contributed by atoms with Crippen molar-refractivity contribution < 1.29 is 23.9 Å². The molecule has 1 N–H and O–H groups in total. The fourth-order valence-electron chi connectivity index (χ4n) is 3.10. The fourth-order valence-corrected chi connectivity index (χ4v) is 3.10. The molecule has 0 spiro atoms. The molecule has 0 aromatic heterocycles. The Morgan fingerprint density at radius 2 is 1.93 bits per heavy atom. The van der Waals surface area contributed by atoms with Gasteiger partial charge in [-0.2, -0.15) is 0 Å². The van der Waals surface area contributed by atoms with Gasteiger partial charge in [-0.05, 0) is 13.0 Å². The van der Waals surface area contributed by atoms with Crippen molar-refractivity contribution in [2.24, 2.45) is 0 Å². The van der Waals surface area contributed by atoms with Gasteiger partial charge < -0.3 is 19.5 Å². The quantitative estimate of drug-likeness (QED) is 0.639. The van der Waals surface area contributed by atoms with Gasteiger partial charge in [0.2, 0.25) is 0 Å². The second kappa shape index (κ2) is 7.53. The van der Waals surface area contributed by atoms with E-state index in [2.05, 4.69) is 5.32 Å². The summed E-state index contributed by atoms with van der Waals surface area (Å²) in [6.07, 6.45) is 0.573. The lowest BCUT2D eigenvalue weighted by molar-refractivity contribution is -0.385. The molecule has 142 valence electrons. The first-order chi connectivity index (χ1) is 12.9. The molecule has 8 nitrogen and oxygen atoms in total. The van der Waals surface area contributed by atoms with Crippen LogP contribution in [0.1, 0.15) is 33.9 Å². The molecule has 0 saturated heterocycles. The van der Waals surface area contributed by atoms with Crippen molar-refractivity contribution in [1.29, 1.82) is 0 Å². The van der Waals surface area contributed by atoms with Crippen LogP contribution in [0.5, 0.6) is 17.2 Å². The Morgan fingerprint density at radius 1 is 1.22 bits per heavy atom. The highest BCUT2D eigenvalue weighted by molar-refractivity contribution is 5.99. The lowest BCUT2D eigenvalue weighted by atomic mass is 9.98. The number of aryl methyl sites for hydroxylation is 1. The number of nitro benzene ring substituents is 1. The van der Waals surface area contributed by atoms with Crippen molar-refractivity contribution in [2.45, 2.75) is 19.4 Å². The maximum absolute atomic E-state index is 12.8. The molecular weight excluding hydrogens is 352 g/mol. The van der Waals surface area contributed by atoms with Crippen molar-refractivity contribution in [1.82, 2.24) is 5.32 Å². The number of hydrogen-bond acceptors (Lipinski definition) is 6. The number of carbonyl (C=O) groups excluding carboxylic acids is 1. The molecule has 3 rings (SSSR count). The third-order valence-corrected chi connectivity index (χ3v) is 4.45. The van der Waals surface area contributed by atoms with Crippen molar-refractivity contribution in [3.63, 3.8) is 0 Å². The number of ether oxygens (including phenoxy) is 3. The van der Waals surface area contributed by atoms with E-state index in [1.807, 2.05) is 25.1 Å². The van der Waals surface area contributed by atoms with Crippen LogP contribution in [-0.4, -0.2) is 31.7 Å². The summed E-state index contributed by atoms with van der Waals surface area (Å²) in [7, 11) is 2.78. The number of hydrogen-bond donors (Lipinski definition) is 1. The normalized spacial score (nSPS) is 15.3. The van der Waals surface area contributed by atoms with Gasteiger partial charge in [0.25, 0.3) is 11.6 Å². The Kier molecular flexibility index (Phi) is 5.16. The number of nitro groups is 1. The SMILES string of the molecule is COc1cc(C(=O)NC2CCOc3ccc(C)cc32)c([N+](=O)[O-])cc1OC. The van der Waals surface area contributed by atoms with E-state index in [0.717, 1.165) is 11.1 Å². The number of benzene rings is 2. The van der Waals surface area contributed by atoms with Crippen LogP contribution in [0.3, 0.4) is 0 Å². The predicted molar refractivity (Wildman–Crippen MR) is 97.7 cm³/mol. The van der Waals surface area contributed by atoms with Crippen LogP contribution in [-0.2, 0) is 0 Å². The maximum Gasteiger partial charge on any atom is 0.286 e. The zero-order chi connectivity index (χ0) is 19.6. The largest absolute Gasteiger partial charge is 0.493 e. The summed E-state index contributed by atoms with van der Waals surface area (Å²) in [6, 6.07) is 7.96. The van der Waals surface area contributed by atoms with Crippen molar-refractivity contribution in [3.8, 4) is 17.2 Å². The molecule has 27 heavy (non-hydrogen) atoms. The number of carbonyl (C=O) groups is 1. The first kappa shape index (κ1) is 18.5. The average Bonchev–Trinajstić information content (AvgIpc) is 2.67. The average molecular weight is 372 g/mol. The molecule has 1 aliphatic heterocycles. The molecule has 2 aromatic rings. The Bertz CT molecular complexity index is 896. The molecule has 1 atom stereocenters. The molecule has 1 amide bonds. The molecule has 2 aromatic carbocycles. The van der Waals surface area contributed by atoms with E-state index in [4.69, 9.17) is 14.2 Å². The van der Waals surface area contributed by atoms with Gasteiger partial charge >= 0.3 is 0 Å². The molecule has 0 radical (unpaired) electrons. The number of nitrogens with zero attached hydrogens (tertiary/aromatic N) is 1. The Labute approximate surface area is 156 Å². The smallest absolute Gasteiger partial charge is 0.286 e. The molecule has 0 fully saturated rings. The van der Waals surface area contributed by atoms with Crippen LogP contribution >= 0.6 is 0 Å². The Morgan fingerprint density at radius 3 is 2.59 bits per heavy atom. The van der Waals surface area contributed by atoms with E-state index in [-0.39, 0.29) is 28.8 Å². The lowest BCUT2D eigenvalue weighted by Gasteiger charge is -2.27. The number of amides is 1. The van der Waals surface area contributed by atoms with Gasteiger partial charge in [0, 0.05) is 18.1 Å². The van der Waals surface area contributed by atoms with Gasteiger partial charge in [0.1, 0.15) is 11.3 Å². The highest BCUT2D eigenvalue weighted by Crippen LogP contribution is 2.36. The first-order valence-corrected chi connectivity index (χ1v) is 8.39. The number of nitrogens with one attached hydrogen (secondary N) is 1. The molecule has 0 bridgehead atoms. The zero-order valence-electron chi connectivity index (χ0n) is 15.3. The van der Waals surface area contributed by atoms with Gasteiger partial charge in [-0.3, -0.25) is 14.9 Å². The summed E-state index contributed by atoms with van der Waals surface area (Å²) < 4.78 is 15.9. The highest BCUT2D eigenvalue weighted by atomic mass is 16.6. The van der Waals surface area contributed by atoms with E-state index in [1.54, 1.807) is 0 Å². The van der Waals surface area contributed by atoms with Gasteiger partial charge in [0.15, 0.2) is 11.5 Å². The van der Waals surface area contributed by atoms with Gasteiger partial charge in [0.05, 0.1) is 37.9 Å². The molecule has 1 unspecified atom stereocenters. The third kappa shape index (κ3) is 3.64. The molecule has 0 aliphatic carbocycles. The van der Waals surface area contributed by atoms with E-state index in [9.17, 15) is 14.9 Å². The second-order valence-corrected chi connectivity index (χ2v) is 6.19. The van der Waals surface area contributed by atoms with Crippen molar-refractivity contribution >= 4 is 11.6 Å². The third-order valence-electron chi connectivity index (χ3n) is 4.45. The van der Waals surface area contributed by atoms with Gasteiger partial charge in [-0.15, -0.1) is 0 Å². The van der Waals surface area contributed by atoms with E-state index >= 15 is 0 Å². The number of rotatable bonds is 5. The van der Waals surface area contributed by atoms with E-state index in [1.165, 1.54) is 26.4 Å². The summed E-state index contributed by atoms with van der Waals surface area (Å²) in [5, 5.41) is 14.3. The Balaban J connectivity index is 1.96. The molecule has 0 saturated carbocycles. The lowest BCUT2D eigenvalue weighted by Crippen LogP contribution is -2.32. The minimum atomic E-state index is -0.612. The van der Waals surface area contributed by atoms with E-state index < -0.39 is 10.8 Å². The van der Waals surface area contributed by atoms with E-state index in [0.29, 0.717) is 18.8 Å². The zero-order valence-corrected chi connectivity index (χ0v) is 15.3. The van der Waals surface area contributed by atoms with Gasteiger partial charge in [-0.1, -0.05) is 17.7 Å². The second-order valence-electron chi connectivity index (χ2n) is 6.19. The van der Waals surface area contributed by atoms with Gasteiger partial charge in [-0.25, -0.2) is 0 Å². The summed E-state index contributed by atoms with van der Waals surface area (Å²) in [5.41, 5.74) is 1.47. The fraction of sp³-hybridized carbons (Fsp3) is 0.316. The molecular formula is C19H20N2O6. The minimum absolute atomic E-state index is 0.0849. The van der Waals surface area contributed by atoms with Crippen LogP contribution in [0.2, 0.25) is 0 Å². The van der Waals surface area contributed by atoms with Crippen LogP contribution in [0, 0.1) is 17.0 Å².